The van der Waals surface area contributed by atoms with Gasteiger partial charge in [-0.25, -0.2) is 4.79 Å². The Bertz CT molecular complexity index is 858. The van der Waals surface area contributed by atoms with Gasteiger partial charge in [0, 0.05) is 12.1 Å². The third-order valence-electron chi connectivity index (χ3n) is 7.62. The molecule has 0 radical (unpaired) electrons. The molecule has 4 atom stereocenters. The van der Waals surface area contributed by atoms with Gasteiger partial charge in [0.1, 0.15) is 12.1 Å². The van der Waals surface area contributed by atoms with E-state index in [1.54, 1.807) is 4.90 Å². The van der Waals surface area contributed by atoms with Crippen LogP contribution in [-0.4, -0.2) is 65.1 Å². The number of rotatable bonds is 7. The lowest BCUT2D eigenvalue weighted by Gasteiger charge is -2.37. The number of urea groups is 1. The lowest BCUT2D eigenvalue weighted by atomic mass is 9.83. The fourth-order valence-corrected chi connectivity index (χ4v) is 5.72. The minimum absolute atomic E-state index is 0.00273. The van der Waals surface area contributed by atoms with E-state index >= 15 is 0 Å². The number of ketones is 1. The zero-order valence-corrected chi connectivity index (χ0v) is 20.9. The molecule has 190 valence electrons. The Hall–Kier alpha value is -2.65. The Morgan fingerprint density at radius 3 is 2.24 bits per heavy atom. The summed E-state index contributed by atoms with van der Waals surface area (Å²) in [5.41, 5.74) is 4.42. The van der Waals surface area contributed by atoms with Crippen LogP contribution in [0.4, 0.5) is 4.79 Å². The lowest BCUT2D eigenvalue weighted by molar-refractivity contribution is -0.143. The van der Waals surface area contributed by atoms with Crippen LogP contribution >= 0.6 is 0 Å². The molecule has 0 aromatic heterocycles. The number of hydrogen-bond donors (Lipinski definition) is 4. The first-order chi connectivity index (χ1) is 15.7. The first-order valence-corrected chi connectivity index (χ1v) is 12.2. The van der Waals surface area contributed by atoms with Crippen LogP contribution in [-0.2, 0) is 19.2 Å². The van der Waals surface area contributed by atoms with Crippen molar-refractivity contribution in [1.82, 2.24) is 20.9 Å². The molecule has 1 heterocycles. The van der Waals surface area contributed by atoms with Gasteiger partial charge in [-0.1, -0.05) is 33.1 Å². The minimum Gasteiger partial charge on any atom is -0.363 e. The molecule has 3 aliphatic rings. The molecule has 0 spiro atoms. The van der Waals surface area contributed by atoms with Gasteiger partial charge in [-0.2, -0.15) is 0 Å². The number of carbonyl (C=O) groups excluding carboxylic acids is 5. The van der Waals surface area contributed by atoms with Crippen LogP contribution in [0, 0.1) is 23.2 Å². The number of likely N-dealkylation sites (tertiary alicyclic amines) is 1. The third-order valence-corrected chi connectivity index (χ3v) is 7.62. The molecule has 0 bridgehead atoms. The second kappa shape index (κ2) is 9.54. The van der Waals surface area contributed by atoms with Crippen LogP contribution in [0.1, 0.15) is 66.7 Å². The van der Waals surface area contributed by atoms with E-state index in [1.165, 1.54) is 0 Å². The standard InChI is InChI=1S/C24H39N5O5/c1-23(2,3)28-22(34)27-17(13-9-7-6-8-10-13)21(33)29-12-14-16(24(14,4)5)18(29)20(32)26-11-15(30)19(25)31/h13-14,16-18H,6-12H2,1-5H3,(H2,25,31)(H,26,32)(H2,27,28,34)/t14-,16-,17-,18-/m0/s1. The largest absolute Gasteiger partial charge is 0.363 e. The van der Waals surface area contributed by atoms with Gasteiger partial charge in [-0.05, 0) is 56.8 Å². The van der Waals surface area contributed by atoms with Crippen molar-refractivity contribution < 1.29 is 24.0 Å². The summed E-state index contributed by atoms with van der Waals surface area (Å²) in [4.78, 5) is 63.9. The molecule has 1 saturated heterocycles. The molecule has 3 fully saturated rings. The van der Waals surface area contributed by atoms with E-state index in [4.69, 9.17) is 5.73 Å². The Labute approximate surface area is 201 Å². The van der Waals surface area contributed by atoms with Crippen molar-refractivity contribution in [2.45, 2.75) is 84.3 Å². The van der Waals surface area contributed by atoms with Gasteiger partial charge >= 0.3 is 6.03 Å². The number of hydrogen-bond acceptors (Lipinski definition) is 5. The first kappa shape index (κ1) is 26.0. The second-order valence-electron chi connectivity index (χ2n) is 11.6. The minimum atomic E-state index is -1.12. The van der Waals surface area contributed by atoms with E-state index in [0.29, 0.717) is 6.54 Å². The van der Waals surface area contributed by atoms with Gasteiger partial charge in [0.15, 0.2) is 0 Å². The molecule has 5 amide bonds. The number of Topliss-reactive ketones (excluding diaryl/α,β-unsaturated/α-hetero) is 1. The van der Waals surface area contributed by atoms with E-state index in [1.807, 2.05) is 20.8 Å². The predicted octanol–water partition coefficient (Wildman–Crippen LogP) is 0.687. The van der Waals surface area contributed by atoms with Gasteiger partial charge in [-0.3, -0.25) is 19.2 Å². The van der Waals surface area contributed by atoms with Crippen molar-refractivity contribution in [1.29, 1.82) is 0 Å². The second-order valence-corrected chi connectivity index (χ2v) is 11.6. The molecule has 10 nitrogen and oxygen atoms in total. The molecule has 2 aliphatic carbocycles. The number of nitrogens with two attached hydrogens (primary N) is 1. The zero-order valence-electron chi connectivity index (χ0n) is 20.9. The molecular formula is C24H39N5O5. The number of amides is 5. The molecule has 2 saturated carbocycles. The molecule has 1 aliphatic heterocycles. The summed E-state index contributed by atoms with van der Waals surface area (Å²) in [6.45, 7) is 9.65. The summed E-state index contributed by atoms with van der Waals surface area (Å²) in [5.74, 6) is -2.63. The molecule has 0 aromatic rings. The molecule has 0 aromatic carbocycles. The number of piperidine rings is 1. The van der Waals surface area contributed by atoms with Crippen molar-refractivity contribution in [2.75, 3.05) is 13.1 Å². The highest BCUT2D eigenvalue weighted by molar-refractivity contribution is 6.36. The Morgan fingerprint density at radius 2 is 1.68 bits per heavy atom. The third kappa shape index (κ3) is 5.52. The van der Waals surface area contributed by atoms with Crippen molar-refractivity contribution >= 4 is 29.5 Å². The van der Waals surface area contributed by atoms with Crippen molar-refractivity contribution in [3.05, 3.63) is 0 Å². The van der Waals surface area contributed by atoms with E-state index in [-0.39, 0.29) is 29.1 Å². The summed E-state index contributed by atoms with van der Waals surface area (Å²) in [6, 6.07) is -1.90. The monoisotopic (exact) mass is 477 g/mol. The fourth-order valence-electron chi connectivity index (χ4n) is 5.72. The summed E-state index contributed by atoms with van der Waals surface area (Å²) < 4.78 is 0. The maximum absolute atomic E-state index is 13.8. The van der Waals surface area contributed by atoms with E-state index in [9.17, 15) is 24.0 Å². The quantitative estimate of drug-likeness (QED) is 0.398. The van der Waals surface area contributed by atoms with E-state index in [0.717, 1.165) is 32.1 Å². The smallest absolute Gasteiger partial charge is 0.315 e. The van der Waals surface area contributed by atoms with E-state index in [2.05, 4.69) is 29.8 Å². The van der Waals surface area contributed by atoms with Crippen LogP contribution in [0.5, 0.6) is 0 Å². The molecular weight excluding hydrogens is 438 g/mol. The average molecular weight is 478 g/mol. The maximum Gasteiger partial charge on any atom is 0.315 e. The predicted molar refractivity (Wildman–Crippen MR) is 125 cm³/mol. The highest BCUT2D eigenvalue weighted by atomic mass is 16.2. The van der Waals surface area contributed by atoms with Crippen LogP contribution < -0.4 is 21.7 Å². The highest BCUT2D eigenvalue weighted by Crippen LogP contribution is 2.65. The number of primary amides is 1. The highest BCUT2D eigenvalue weighted by Gasteiger charge is 2.69. The van der Waals surface area contributed by atoms with Crippen molar-refractivity contribution in [2.24, 2.45) is 28.9 Å². The normalized spacial score (nSPS) is 26.7. The van der Waals surface area contributed by atoms with Gasteiger partial charge in [0.2, 0.25) is 17.6 Å². The molecule has 10 heteroatoms. The van der Waals surface area contributed by atoms with Gasteiger partial charge < -0.3 is 26.6 Å². The van der Waals surface area contributed by atoms with Crippen LogP contribution in [0.2, 0.25) is 0 Å². The summed E-state index contributed by atoms with van der Waals surface area (Å²) in [5, 5.41) is 8.26. The maximum atomic E-state index is 13.8. The molecule has 34 heavy (non-hydrogen) atoms. The topological polar surface area (TPSA) is 151 Å². The lowest BCUT2D eigenvalue weighted by Crippen LogP contribution is -2.60. The summed E-state index contributed by atoms with van der Waals surface area (Å²) in [7, 11) is 0. The van der Waals surface area contributed by atoms with Crippen molar-refractivity contribution in [3.8, 4) is 0 Å². The SMILES string of the molecule is CC(C)(C)NC(=O)N[C@H](C(=O)N1C[C@H]2[C@@H]([C@H]1C(=O)NCC(=O)C(N)=O)C2(C)C)C1CCCCC1. The molecule has 0 unspecified atom stereocenters. The Balaban J connectivity index is 1.80. The number of nitrogens with one attached hydrogen (secondary N) is 3. The van der Waals surface area contributed by atoms with Crippen LogP contribution in [0.3, 0.4) is 0 Å². The van der Waals surface area contributed by atoms with Gasteiger partial charge in [0.25, 0.3) is 5.91 Å². The number of carbonyl (C=O) groups is 5. The molecule has 3 rings (SSSR count). The van der Waals surface area contributed by atoms with Crippen LogP contribution in [0.15, 0.2) is 0 Å². The molecule has 5 N–H and O–H groups in total. The summed E-state index contributed by atoms with van der Waals surface area (Å²) in [6.07, 6.45) is 4.76. The van der Waals surface area contributed by atoms with Crippen molar-refractivity contribution in [3.63, 3.8) is 0 Å². The average Bonchev–Trinajstić information content (AvgIpc) is 3.09. The van der Waals surface area contributed by atoms with Gasteiger partial charge in [-0.15, -0.1) is 0 Å². The van der Waals surface area contributed by atoms with Crippen LogP contribution in [0.25, 0.3) is 0 Å². The fraction of sp³-hybridized carbons (Fsp3) is 0.792. The van der Waals surface area contributed by atoms with E-state index < -0.39 is 47.8 Å². The first-order valence-electron chi connectivity index (χ1n) is 12.2. The number of nitrogens with zero attached hydrogens (tertiary/aromatic N) is 1. The number of fused-ring (bicyclic) bond motifs is 1. The zero-order chi connectivity index (χ0) is 25.4. The Morgan fingerprint density at radius 1 is 1.06 bits per heavy atom. The van der Waals surface area contributed by atoms with Gasteiger partial charge in [0.05, 0.1) is 6.54 Å². The Kier molecular flexibility index (Phi) is 7.28. The summed E-state index contributed by atoms with van der Waals surface area (Å²) >= 11 is 0.